The molecule has 82 valence electrons. The molecule has 0 radical (unpaired) electrons. The van der Waals surface area contributed by atoms with E-state index in [1.807, 2.05) is 0 Å². The van der Waals surface area contributed by atoms with Gasteiger partial charge in [-0.3, -0.25) is 0 Å². The zero-order valence-corrected chi connectivity index (χ0v) is 9.64. The van der Waals surface area contributed by atoms with E-state index in [1.165, 1.54) is 19.3 Å². The fourth-order valence-corrected chi connectivity index (χ4v) is 2.58. The lowest BCUT2D eigenvalue weighted by Crippen LogP contribution is -2.61. The summed E-state index contributed by atoms with van der Waals surface area (Å²) < 4.78 is 0. The number of nitrogens with one attached hydrogen (secondary N) is 1. The molecular weight excluding hydrogens is 174 g/mol. The third-order valence-corrected chi connectivity index (χ3v) is 4.55. The van der Waals surface area contributed by atoms with Crippen LogP contribution >= 0.6 is 0 Å². The van der Waals surface area contributed by atoms with Crippen LogP contribution in [0.2, 0.25) is 0 Å². The highest BCUT2D eigenvalue weighted by Crippen LogP contribution is 2.43. The molecule has 0 aromatic carbocycles. The molecule has 0 heterocycles. The minimum atomic E-state index is -0.103. The van der Waals surface area contributed by atoms with Crippen molar-refractivity contribution in [1.29, 1.82) is 0 Å². The van der Waals surface area contributed by atoms with Crippen LogP contribution in [0.1, 0.15) is 46.5 Å². The van der Waals surface area contributed by atoms with Crippen LogP contribution in [0.5, 0.6) is 0 Å². The van der Waals surface area contributed by atoms with Crippen molar-refractivity contribution in [3.63, 3.8) is 0 Å². The molecule has 0 bridgehead atoms. The molecule has 2 aliphatic carbocycles. The van der Waals surface area contributed by atoms with Gasteiger partial charge in [0, 0.05) is 18.0 Å². The lowest BCUT2D eigenvalue weighted by Gasteiger charge is -2.51. The Morgan fingerprint density at radius 3 is 2.29 bits per heavy atom. The van der Waals surface area contributed by atoms with Gasteiger partial charge in [0.2, 0.25) is 0 Å². The van der Waals surface area contributed by atoms with Crippen molar-refractivity contribution in [2.24, 2.45) is 10.8 Å². The van der Waals surface area contributed by atoms with Gasteiger partial charge in [-0.1, -0.05) is 27.2 Å². The molecule has 2 nitrogen and oxygen atoms in total. The number of rotatable bonds is 3. The number of hydrogen-bond acceptors (Lipinski definition) is 2. The second kappa shape index (κ2) is 3.21. The van der Waals surface area contributed by atoms with E-state index in [2.05, 4.69) is 26.1 Å². The molecule has 0 saturated heterocycles. The predicted molar refractivity (Wildman–Crippen MR) is 58.2 cm³/mol. The third kappa shape index (κ3) is 1.59. The van der Waals surface area contributed by atoms with Crippen LogP contribution in [-0.2, 0) is 0 Å². The van der Waals surface area contributed by atoms with Crippen molar-refractivity contribution in [3.05, 3.63) is 0 Å². The summed E-state index contributed by atoms with van der Waals surface area (Å²) in [5.41, 5.74) is 0.636. The zero-order valence-electron chi connectivity index (χ0n) is 9.64. The molecule has 2 aliphatic rings. The van der Waals surface area contributed by atoms with Crippen LogP contribution < -0.4 is 5.32 Å². The van der Waals surface area contributed by atoms with Gasteiger partial charge in [0.1, 0.15) is 0 Å². The van der Waals surface area contributed by atoms with Crippen molar-refractivity contribution >= 4 is 0 Å². The highest BCUT2D eigenvalue weighted by atomic mass is 16.3. The summed E-state index contributed by atoms with van der Waals surface area (Å²) >= 11 is 0. The minimum Gasteiger partial charge on any atom is -0.392 e. The van der Waals surface area contributed by atoms with Crippen molar-refractivity contribution in [3.8, 4) is 0 Å². The Balaban J connectivity index is 1.77. The smallest absolute Gasteiger partial charge is 0.0621 e. The highest BCUT2D eigenvalue weighted by molar-refractivity contribution is 5.02. The molecule has 2 unspecified atom stereocenters. The first-order valence-electron chi connectivity index (χ1n) is 5.85. The molecule has 0 aliphatic heterocycles. The molecule has 2 N–H and O–H groups in total. The standard InChI is InChI=1S/C12H23NO/c1-11(2)9(7-10(11)14)13-8-12(3)5-4-6-12/h9-10,13-14H,4-8H2,1-3H3. The van der Waals surface area contributed by atoms with Crippen LogP contribution in [0.15, 0.2) is 0 Å². The average Bonchev–Trinajstić information content (AvgIpc) is 2.09. The zero-order chi connectivity index (χ0) is 10.4. The fraction of sp³-hybridized carbons (Fsp3) is 1.00. The van der Waals surface area contributed by atoms with Crippen LogP contribution in [-0.4, -0.2) is 23.8 Å². The summed E-state index contributed by atoms with van der Waals surface area (Å²) in [4.78, 5) is 0. The lowest BCUT2D eigenvalue weighted by molar-refractivity contribution is -0.0767. The molecule has 2 saturated carbocycles. The molecule has 2 heteroatoms. The summed E-state index contributed by atoms with van der Waals surface area (Å²) in [6, 6.07) is 0.523. The van der Waals surface area contributed by atoms with E-state index in [-0.39, 0.29) is 11.5 Å². The Bertz CT molecular complexity index is 220. The molecule has 2 atom stereocenters. The Kier molecular flexibility index (Phi) is 2.39. The second-order valence-corrected chi connectivity index (χ2v) is 6.17. The van der Waals surface area contributed by atoms with Gasteiger partial charge in [-0.15, -0.1) is 0 Å². The molecule has 2 fully saturated rings. The predicted octanol–water partition coefficient (Wildman–Crippen LogP) is 1.93. The largest absolute Gasteiger partial charge is 0.392 e. The Hall–Kier alpha value is -0.0800. The molecule has 2 rings (SSSR count). The summed E-state index contributed by atoms with van der Waals surface area (Å²) in [6.07, 6.45) is 4.97. The van der Waals surface area contributed by atoms with Crippen molar-refractivity contribution < 1.29 is 5.11 Å². The van der Waals surface area contributed by atoms with Crippen molar-refractivity contribution in [2.75, 3.05) is 6.54 Å². The van der Waals surface area contributed by atoms with E-state index in [0.717, 1.165) is 13.0 Å². The highest BCUT2D eigenvalue weighted by Gasteiger charge is 2.47. The van der Waals surface area contributed by atoms with Gasteiger partial charge in [-0.05, 0) is 24.7 Å². The van der Waals surface area contributed by atoms with Crippen LogP contribution in [0, 0.1) is 10.8 Å². The van der Waals surface area contributed by atoms with Gasteiger partial charge < -0.3 is 10.4 Å². The first-order valence-corrected chi connectivity index (χ1v) is 5.85. The monoisotopic (exact) mass is 197 g/mol. The van der Waals surface area contributed by atoms with Gasteiger partial charge in [0.05, 0.1) is 6.10 Å². The van der Waals surface area contributed by atoms with E-state index >= 15 is 0 Å². The fourth-order valence-electron chi connectivity index (χ4n) is 2.58. The molecular formula is C12H23NO. The van der Waals surface area contributed by atoms with Gasteiger partial charge in [0.15, 0.2) is 0 Å². The Morgan fingerprint density at radius 1 is 1.29 bits per heavy atom. The maximum absolute atomic E-state index is 9.61. The summed E-state index contributed by atoms with van der Waals surface area (Å²) in [7, 11) is 0. The molecule has 0 spiro atoms. The molecule has 14 heavy (non-hydrogen) atoms. The maximum atomic E-state index is 9.61. The second-order valence-electron chi connectivity index (χ2n) is 6.17. The summed E-state index contributed by atoms with van der Waals surface area (Å²) in [5, 5.41) is 13.2. The van der Waals surface area contributed by atoms with Gasteiger partial charge in [-0.25, -0.2) is 0 Å². The SMILES string of the molecule is CC1(CNC2CC(O)C2(C)C)CCC1. The van der Waals surface area contributed by atoms with Crippen molar-refractivity contribution in [2.45, 2.75) is 58.6 Å². The quantitative estimate of drug-likeness (QED) is 0.724. The number of aliphatic hydroxyl groups is 1. The Labute approximate surface area is 87.1 Å². The van der Waals surface area contributed by atoms with Gasteiger partial charge in [0.25, 0.3) is 0 Å². The van der Waals surface area contributed by atoms with Crippen LogP contribution in [0.25, 0.3) is 0 Å². The van der Waals surface area contributed by atoms with E-state index in [0.29, 0.717) is 11.5 Å². The van der Waals surface area contributed by atoms with E-state index in [9.17, 15) is 5.11 Å². The number of hydrogen-bond donors (Lipinski definition) is 2. The Morgan fingerprint density at radius 2 is 1.93 bits per heavy atom. The summed E-state index contributed by atoms with van der Waals surface area (Å²) in [5.74, 6) is 0. The van der Waals surface area contributed by atoms with Crippen LogP contribution in [0.4, 0.5) is 0 Å². The first-order chi connectivity index (χ1) is 6.44. The van der Waals surface area contributed by atoms with E-state index in [4.69, 9.17) is 0 Å². The molecule has 0 aromatic rings. The maximum Gasteiger partial charge on any atom is 0.0621 e. The molecule has 0 amide bonds. The lowest BCUT2D eigenvalue weighted by atomic mass is 9.63. The van der Waals surface area contributed by atoms with E-state index in [1.54, 1.807) is 0 Å². The molecule has 0 aromatic heterocycles. The normalized spacial score (nSPS) is 38.6. The van der Waals surface area contributed by atoms with Crippen molar-refractivity contribution in [1.82, 2.24) is 5.32 Å². The van der Waals surface area contributed by atoms with Crippen LogP contribution in [0.3, 0.4) is 0 Å². The first kappa shape index (κ1) is 10.4. The minimum absolute atomic E-state index is 0.0834. The summed E-state index contributed by atoms with van der Waals surface area (Å²) in [6.45, 7) is 7.81. The number of aliphatic hydroxyl groups excluding tert-OH is 1. The average molecular weight is 197 g/mol. The third-order valence-electron chi connectivity index (χ3n) is 4.55. The van der Waals surface area contributed by atoms with Gasteiger partial charge in [-0.2, -0.15) is 0 Å². The topological polar surface area (TPSA) is 32.3 Å². The van der Waals surface area contributed by atoms with Gasteiger partial charge >= 0.3 is 0 Å². The van der Waals surface area contributed by atoms with E-state index < -0.39 is 0 Å².